The zero-order chi connectivity index (χ0) is 11.0. The Kier molecular flexibility index (Phi) is 2.28. The molecule has 3 heteroatoms. The van der Waals surface area contributed by atoms with Crippen molar-refractivity contribution in [3.63, 3.8) is 0 Å². The van der Waals surface area contributed by atoms with Crippen molar-refractivity contribution in [1.29, 1.82) is 0 Å². The van der Waals surface area contributed by atoms with Gasteiger partial charge in [0.2, 0.25) is 0 Å². The minimum Gasteiger partial charge on any atom is -0.448 e. The van der Waals surface area contributed by atoms with E-state index in [0.29, 0.717) is 6.42 Å². The van der Waals surface area contributed by atoms with Gasteiger partial charge in [-0.1, -0.05) is 6.07 Å². The largest absolute Gasteiger partial charge is 0.448 e. The minimum atomic E-state index is -0.375. The molecule has 3 nitrogen and oxygen atoms in total. The van der Waals surface area contributed by atoms with Crippen molar-refractivity contribution in [2.45, 2.75) is 37.9 Å². The molecule has 0 bridgehead atoms. The Morgan fingerprint density at radius 1 is 1.12 bits per heavy atom. The van der Waals surface area contributed by atoms with Gasteiger partial charge in [0.25, 0.3) is 5.79 Å². The van der Waals surface area contributed by atoms with Gasteiger partial charge in [-0.05, 0) is 37.0 Å². The molecule has 2 aliphatic rings. The number of hydrogen-bond acceptors (Lipinski definition) is 3. The molecule has 0 radical (unpaired) electrons. The van der Waals surface area contributed by atoms with Crippen LogP contribution in [0.4, 0.5) is 0 Å². The number of fused-ring (bicyclic) bond motifs is 1. The van der Waals surface area contributed by atoms with Crippen LogP contribution in [0, 0.1) is 0 Å². The summed E-state index contributed by atoms with van der Waals surface area (Å²) in [5.74, 6) is 1.32. The summed E-state index contributed by atoms with van der Waals surface area (Å²) in [5, 5.41) is 8.90. The lowest BCUT2D eigenvalue weighted by atomic mass is 10.1. The third-order valence-electron chi connectivity index (χ3n) is 3.37. The molecule has 86 valence electrons. The molecule has 1 N–H and O–H groups in total. The Labute approximate surface area is 95.0 Å². The van der Waals surface area contributed by atoms with E-state index in [4.69, 9.17) is 14.6 Å². The maximum absolute atomic E-state index is 8.90. The van der Waals surface area contributed by atoms with Crippen molar-refractivity contribution in [3.8, 4) is 11.5 Å². The fraction of sp³-hybridized carbons (Fsp3) is 0.538. The first kappa shape index (κ1) is 9.97. The van der Waals surface area contributed by atoms with E-state index in [2.05, 4.69) is 0 Å². The van der Waals surface area contributed by atoms with Crippen molar-refractivity contribution >= 4 is 0 Å². The first-order valence-corrected chi connectivity index (χ1v) is 5.93. The van der Waals surface area contributed by atoms with Gasteiger partial charge in [-0.15, -0.1) is 0 Å². The summed E-state index contributed by atoms with van der Waals surface area (Å²) in [7, 11) is 0. The Morgan fingerprint density at radius 2 is 1.88 bits per heavy atom. The molecule has 1 saturated carbocycles. The van der Waals surface area contributed by atoms with Crippen LogP contribution in [-0.4, -0.2) is 17.5 Å². The highest BCUT2D eigenvalue weighted by atomic mass is 16.7. The number of rotatable bonds is 2. The van der Waals surface area contributed by atoms with Gasteiger partial charge in [-0.3, -0.25) is 0 Å². The second-order valence-electron chi connectivity index (χ2n) is 4.58. The molecule has 0 amide bonds. The topological polar surface area (TPSA) is 38.7 Å². The molecule has 1 aliphatic heterocycles. The molecular formula is C13H16O3. The molecule has 1 aliphatic carbocycles. The highest BCUT2D eigenvalue weighted by Crippen LogP contribution is 2.46. The Balaban J connectivity index is 1.86. The molecule has 16 heavy (non-hydrogen) atoms. The number of ether oxygens (including phenoxy) is 2. The van der Waals surface area contributed by atoms with Crippen LogP contribution in [0.2, 0.25) is 0 Å². The van der Waals surface area contributed by atoms with Gasteiger partial charge in [0.15, 0.2) is 11.5 Å². The molecule has 1 heterocycles. The zero-order valence-electron chi connectivity index (χ0n) is 9.24. The van der Waals surface area contributed by atoms with Crippen LogP contribution < -0.4 is 9.47 Å². The average molecular weight is 220 g/mol. The van der Waals surface area contributed by atoms with Crippen LogP contribution in [0.3, 0.4) is 0 Å². The summed E-state index contributed by atoms with van der Waals surface area (Å²) < 4.78 is 11.8. The molecule has 0 saturated heterocycles. The SMILES string of the molecule is OCCc1ccc2c(c1)OC1(CCCC1)O2. The van der Waals surface area contributed by atoms with Gasteiger partial charge in [0.05, 0.1) is 0 Å². The molecular weight excluding hydrogens is 204 g/mol. The summed E-state index contributed by atoms with van der Waals surface area (Å²) in [6, 6.07) is 5.93. The lowest BCUT2D eigenvalue weighted by Gasteiger charge is -2.21. The van der Waals surface area contributed by atoms with Gasteiger partial charge < -0.3 is 14.6 Å². The van der Waals surface area contributed by atoms with Gasteiger partial charge >= 0.3 is 0 Å². The molecule has 0 unspecified atom stereocenters. The van der Waals surface area contributed by atoms with Crippen LogP contribution in [0.5, 0.6) is 11.5 Å². The smallest absolute Gasteiger partial charge is 0.251 e. The molecule has 1 aromatic rings. The highest BCUT2D eigenvalue weighted by molar-refractivity contribution is 5.46. The van der Waals surface area contributed by atoms with Crippen LogP contribution in [0.25, 0.3) is 0 Å². The lowest BCUT2D eigenvalue weighted by molar-refractivity contribution is -0.0716. The summed E-state index contributed by atoms with van der Waals surface area (Å²) in [4.78, 5) is 0. The number of aliphatic hydroxyl groups excluding tert-OH is 1. The molecule has 1 fully saturated rings. The summed E-state index contributed by atoms with van der Waals surface area (Å²) in [6.45, 7) is 0.171. The van der Waals surface area contributed by atoms with E-state index >= 15 is 0 Å². The fourth-order valence-corrected chi connectivity index (χ4v) is 2.54. The number of benzene rings is 1. The molecule has 1 spiro atoms. The van der Waals surface area contributed by atoms with Crippen LogP contribution in [0.1, 0.15) is 31.2 Å². The monoisotopic (exact) mass is 220 g/mol. The third-order valence-corrected chi connectivity index (χ3v) is 3.37. The summed E-state index contributed by atoms with van der Waals surface area (Å²) >= 11 is 0. The maximum atomic E-state index is 8.90. The van der Waals surface area contributed by atoms with Crippen LogP contribution in [-0.2, 0) is 6.42 Å². The van der Waals surface area contributed by atoms with Gasteiger partial charge in [0.1, 0.15) is 0 Å². The Hall–Kier alpha value is -1.22. The maximum Gasteiger partial charge on any atom is 0.251 e. The number of hydrogen-bond donors (Lipinski definition) is 1. The van der Waals surface area contributed by atoms with E-state index in [1.165, 1.54) is 12.8 Å². The van der Waals surface area contributed by atoms with Gasteiger partial charge in [-0.25, -0.2) is 0 Å². The minimum absolute atomic E-state index is 0.171. The second kappa shape index (κ2) is 3.67. The van der Waals surface area contributed by atoms with Gasteiger partial charge in [-0.2, -0.15) is 0 Å². The second-order valence-corrected chi connectivity index (χ2v) is 4.58. The molecule has 0 aromatic heterocycles. The van der Waals surface area contributed by atoms with Crippen molar-refractivity contribution in [3.05, 3.63) is 23.8 Å². The standard InChI is InChI=1S/C13H16O3/c14-8-5-10-3-4-11-12(9-10)16-13(15-11)6-1-2-7-13/h3-4,9,14H,1-2,5-8H2. The molecule has 1 aromatic carbocycles. The lowest BCUT2D eigenvalue weighted by Crippen LogP contribution is -2.34. The van der Waals surface area contributed by atoms with E-state index in [1.807, 2.05) is 18.2 Å². The van der Waals surface area contributed by atoms with E-state index in [1.54, 1.807) is 0 Å². The van der Waals surface area contributed by atoms with Crippen LogP contribution in [0.15, 0.2) is 18.2 Å². The summed E-state index contributed by atoms with van der Waals surface area (Å²) in [5.41, 5.74) is 1.10. The molecule has 3 rings (SSSR count). The predicted molar refractivity (Wildman–Crippen MR) is 59.7 cm³/mol. The summed E-state index contributed by atoms with van der Waals surface area (Å²) in [6.07, 6.45) is 4.99. The quantitative estimate of drug-likeness (QED) is 0.830. The van der Waals surface area contributed by atoms with E-state index in [-0.39, 0.29) is 12.4 Å². The van der Waals surface area contributed by atoms with Crippen molar-refractivity contribution in [2.75, 3.05) is 6.61 Å². The fourth-order valence-electron chi connectivity index (χ4n) is 2.54. The zero-order valence-corrected chi connectivity index (χ0v) is 9.24. The van der Waals surface area contributed by atoms with Crippen molar-refractivity contribution in [1.82, 2.24) is 0 Å². The van der Waals surface area contributed by atoms with Crippen molar-refractivity contribution < 1.29 is 14.6 Å². The van der Waals surface area contributed by atoms with Gasteiger partial charge in [0, 0.05) is 19.4 Å². The first-order chi connectivity index (χ1) is 7.81. The van der Waals surface area contributed by atoms with E-state index in [0.717, 1.165) is 29.9 Å². The Morgan fingerprint density at radius 3 is 2.62 bits per heavy atom. The van der Waals surface area contributed by atoms with E-state index < -0.39 is 0 Å². The number of aliphatic hydroxyl groups is 1. The normalized spacial score (nSPS) is 20.6. The Bertz CT molecular complexity index is 394. The van der Waals surface area contributed by atoms with E-state index in [9.17, 15) is 0 Å². The highest BCUT2D eigenvalue weighted by Gasteiger charge is 2.43. The third kappa shape index (κ3) is 1.55. The predicted octanol–water partition coefficient (Wildman–Crippen LogP) is 2.26. The average Bonchev–Trinajstić information content (AvgIpc) is 2.85. The first-order valence-electron chi connectivity index (χ1n) is 5.93. The van der Waals surface area contributed by atoms with Crippen LogP contribution >= 0.6 is 0 Å². The van der Waals surface area contributed by atoms with Crippen molar-refractivity contribution in [2.24, 2.45) is 0 Å². The molecule has 0 atom stereocenters.